The van der Waals surface area contributed by atoms with E-state index in [1.807, 2.05) is 0 Å². The lowest BCUT2D eigenvalue weighted by atomic mass is 10.4. The molecular formula is C20H21O5P2+. The first-order valence-corrected chi connectivity index (χ1v) is 10.4. The summed E-state index contributed by atoms with van der Waals surface area (Å²) in [6.45, 7) is 1.08. The van der Waals surface area contributed by atoms with Gasteiger partial charge in [0, 0.05) is 11.5 Å². The standard InChI is InChI=1S/C18H15P.C2H4O2.HO3P/c1-4-10-16(11-5-1)19(17-12-6-2-7-13-17)18-14-8-3-9-15-18;1-2(3)4;1-4(2)3/h1-15H;1H3,(H,3,4);(H-,1,2,3)/p+1. The molecule has 140 valence electrons. The molecule has 27 heavy (non-hydrogen) atoms. The van der Waals surface area contributed by atoms with E-state index in [0.29, 0.717) is 0 Å². The van der Waals surface area contributed by atoms with Crippen LogP contribution in [0.15, 0.2) is 91.0 Å². The van der Waals surface area contributed by atoms with Crippen molar-refractivity contribution >= 4 is 38.1 Å². The van der Waals surface area contributed by atoms with Crippen LogP contribution in [0.5, 0.6) is 0 Å². The van der Waals surface area contributed by atoms with Gasteiger partial charge in [0.15, 0.2) is 0 Å². The number of rotatable bonds is 3. The lowest BCUT2D eigenvalue weighted by molar-refractivity contribution is -0.134. The van der Waals surface area contributed by atoms with Crippen molar-refractivity contribution in [2.45, 2.75) is 6.92 Å². The summed E-state index contributed by atoms with van der Waals surface area (Å²) >= 11 is 0. The molecule has 0 amide bonds. The Morgan fingerprint density at radius 3 is 1.07 bits per heavy atom. The Morgan fingerprint density at radius 2 is 0.889 bits per heavy atom. The van der Waals surface area contributed by atoms with Crippen molar-refractivity contribution in [3.05, 3.63) is 91.0 Å². The van der Waals surface area contributed by atoms with Gasteiger partial charge in [0.05, 0.1) is 0 Å². The van der Waals surface area contributed by atoms with Crippen molar-refractivity contribution in [2.75, 3.05) is 0 Å². The summed E-state index contributed by atoms with van der Waals surface area (Å²) in [7, 11) is -3.32. The molecule has 0 spiro atoms. The molecule has 0 aliphatic heterocycles. The van der Waals surface area contributed by atoms with Crippen LogP contribution in [-0.2, 0) is 9.36 Å². The van der Waals surface area contributed by atoms with Gasteiger partial charge in [0.1, 0.15) is 0 Å². The summed E-state index contributed by atoms with van der Waals surface area (Å²) in [5.74, 6) is -0.833. The van der Waals surface area contributed by atoms with E-state index in [4.69, 9.17) is 24.3 Å². The van der Waals surface area contributed by atoms with Gasteiger partial charge in [-0.1, -0.05) is 91.0 Å². The summed E-state index contributed by atoms with van der Waals surface area (Å²) < 4.78 is 8.70. The van der Waals surface area contributed by atoms with E-state index < -0.39 is 22.1 Å². The summed E-state index contributed by atoms with van der Waals surface area (Å²) in [6.07, 6.45) is 0. The molecule has 0 bridgehead atoms. The third-order valence-corrected chi connectivity index (χ3v) is 5.49. The van der Waals surface area contributed by atoms with Crippen molar-refractivity contribution in [1.29, 1.82) is 0 Å². The van der Waals surface area contributed by atoms with Crippen LogP contribution in [0.1, 0.15) is 6.92 Å². The summed E-state index contributed by atoms with van der Waals surface area (Å²) in [6, 6.07) is 32.3. The first-order valence-electron chi connectivity index (χ1n) is 7.91. The van der Waals surface area contributed by atoms with Crippen LogP contribution < -0.4 is 15.9 Å². The van der Waals surface area contributed by atoms with E-state index in [0.717, 1.165) is 6.92 Å². The smallest absolute Gasteiger partial charge is 0.481 e. The molecule has 3 rings (SSSR count). The van der Waals surface area contributed by atoms with Gasteiger partial charge in [0.2, 0.25) is 0 Å². The van der Waals surface area contributed by atoms with Crippen LogP contribution in [0.25, 0.3) is 0 Å². The Morgan fingerprint density at radius 1 is 0.704 bits per heavy atom. The summed E-state index contributed by atoms with van der Waals surface area (Å²) in [4.78, 5) is 23.2. The maximum atomic E-state index is 9.00. The van der Waals surface area contributed by atoms with Crippen LogP contribution in [0, 0.1) is 0 Å². The minimum atomic E-state index is -2.87. The van der Waals surface area contributed by atoms with Crippen molar-refractivity contribution in [3.63, 3.8) is 0 Å². The van der Waals surface area contributed by atoms with Crippen LogP contribution in [0.2, 0.25) is 0 Å². The summed E-state index contributed by atoms with van der Waals surface area (Å²) in [5, 5.41) is 11.6. The average Bonchev–Trinajstić information content (AvgIpc) is 2.64. The number of hydrogen-bond donors (Lipinski definition) is 3. The molecule has 0 radical (unpaired) electrons. The Balaban J connectivity index is 0.000000390. The number of carbonyl (C=O) groups is 1. The fourth-order valence-electron chi connectivity index (χ4n) is 2.18. The lowest BCUT2D eigenvalue weighted by Gasteiger charge is -2.18. The maximum absolute atomic E-state index is 9.00. The van der Waals surface area contributed by atoms with Gasteiger partial charge in [-0.2, -0.15) is 0 Å². The first kappa shape index (κ1) is 22.6. The van der Waals surface area contributed by atoms with Gasteiger partial charge >= 0.3 is 8.25 Å². The van der Waals surface area contributed by atoms with Crippen LogP contribution >= 0.6 is 16.2 Å². The molecule has 0 atom stereocenters. The quantitative estimate of drug-likeness (QED) is 0.584. The van der Waals surface area contributed by atoms with E-state index >= 15 is 0 Å². The number of carboxylic acids is 1. The fourth-order valence-corrected chi connectivity index (χ4v) is 4.48. The molecule has 0 aromatic heterocycles. The predicted octanol–water partition coefficient (Wildman–Crippen LogP) is 3.16. The van der Waals surface area contributed by atoms with Gasteiger partial charge in [-0.15, -0.1) is 9.79 Å². The van der Waals surface area contributed by atoms with Gasteiger partial charge in [0.25, 0.3) is 5.97 Å². The summed E-state index contributed by atoms with van der Waals surface area (Å²) in [5.41, 5.74) is 0. The largest absolute Gasteiger partial charge is 0.692 e. The second kappa shape index (κ2) is 12.9. The Hall–Kier alpha value is -2.42. The normalized spacial score (nSPS) is 9.33. The molecule has 0 heterocycles. The maximum Gasteiger partial charge on any atom is 0.692 e. The molecule has 3 aromatic carbocycles. The molecule has 0 aliphatic rings. The van der Waals surface area contributed by atoms with E-state index in [1.165, 1.54) is 15.9 Å². The van der Waals surface area contributed by atoms with E-state index in [9.17, 15) is 0 Å². The Kier molecular flexibility index (Phi) is 10.8. The molecule has 0 saturated carbocycles. The lowest BCUT2D eigenvalue weighted by Crippen LogP contribution is -2.20. The van der Waals surface area contributed by atoms with Crippen molar-refractivity contribution < 1.29 is 24.3 Å². The molecule has 5 nitrogen and oxygen atoms in total. The van der Waals surface area contributed by atoms with Crippen molar-refractivity contribution in [2.24, 2.45) is 0 Å². The minimum absolute atomic E-state index is 0.446. The number of aliphatic carboxylic acids is 1. The number of hydrogen-bond acceptors (Lipinski definition) is 2. The molecule has 7 heteroatoms. The third-order valence-electron chi connectivity index (χ3n) is 3.04. The fraction of sp³-hybridized carbons (Fsp3) is 0.0500. The molecule has 3 N–H and O–H groups in total. The Labute approximate surface area is 160 Å². The first-order chi connectivity index (χ1) is 12.9. The molecule has 0 aliphatic carbocycles. The molecule has 0 saturated heterocycles. The highest BCUT2D eigenvalue weighted by atomic mass is 31.1. The highest BCUT2D eigenvalue weighted by molar-refractivity contribution is 7.79. The highest BCUT2D eigenvalue weighted by Crippen LogP contribution is 2.32. The van der Waals surface area contributed by atoms with E-state index in [-0.39, 0.29) is 0 Å². The zero-order valence-corrected chi connectivity index (χ0v) is 16.5. The van der Waals surface area contributed by atoms with Crippen molar-refractivity contribution in [3.8, 4) is 0 Å². The van der Waals surface area contributed by atoms with Gasteiger partial charge in [-0.3, -0.25) is 4.79 Å². The zero-order chi connectivity index (χ0) is 20.1. The second-order valence-corrected chi connectivity index (χ2v) is 7.84. The molecular weight excluding hydrogens is 382 g/mol. The van der Waals surface area contributed by atoms with Crippen LogP contribution in [0.3, 0.4) is 0 Å². The third kappa shape index (κ3) is 9.74. The van der Waals surface area contributed by atoms with Gasteiger partial charge < -0.3 is 5.11 Å². The average molecular weight is 403 g/mol. The number of benzene rings is 3. The topological polar surface area (TPSA) is 94.8 Å². The van der Waals surface area contributed by atoms with Crippen molar-refractivity contribution in [1.82, 2.24) is 0 Å². The Bertz CT molecular complexity index is 698. The zero-order valence-electron chi connectivity index (χ0n) is 14.7. The minimum Gasteiger partial charge on any atom is -0.481 e. The molecule has 0 unspecified atom stereocenters. The van der Waals surface area contributed by atoms with Crippen LogP contribution in [0.4, 0.5) is 0 Å². The van der Waals surface area contributed by atoms with Gasteiger partial charge in [-0.25, -0.2) is 0 Å². The van der Waals surface area contributed by atoms with Gasteiger partial charge in [-0.05, 0) is 23.8 Å². The predicted molar refractivity (Wildman–Crippen MR) is 111 cm³/mol. The molecule has 3 aromatic rings. The second-order valence-electron chi connectivity index (χ2n) is 5.11. The van der Waals surface area contributed by atoms with Crippen LogP contribution in [-0.4, -0.2) is 20.9 Å². The highest BCUT2D eigenvalue weighted by Gasteiger charge is 2.14. The van der Waals surface area contributed by atoms with E-state index in [2.05, 4.69) is 91.0 Å². The number of carboxylic acid groups (broad SMARTS) is 1. The SMILES string of the molecule is CC(=O)O.O=[P+](O)O.c1ccc(P(c2ccccc2)c2ccccc2)cc1. The van der Waals surface area contributed by atoms with E-state index in [1.54, 1.807) is 0 Å². The molecule has 0 fully saturated rings. The monoisotopic (exact) mass is 403 g/mol.